The van der Waals surface area contributed by atoms with Gasteiger partial charge >= 0.3 is 0 Å². The highest BCUT2D eigenvalue weighted by Crippen LogP contribution is 2.31. The van der Waals surface area contributed by atoms with E-state index in [1.807, 2.05) is 6.92 Å². The first-order chi connectivity index (χ1) is 17.5. The Morgan fingerprint density at radius 3 is 2.41 bits per heavy atom. The Kier molecular flexibility index (Phi) is 8.64. The third-order valence-electron chi connectivity index (χ3n) is 6.24. The van der Waals surface area contributed by atoms with Gasteiger partial charge in [-0.3, -0.25) is 14.6 Å². The summed E-state index contributed by atoms with van der Waals surface area (Å²) >= 11 is 1.26. The molecule has 37 heavy (non-hydrogen) atoms. The maximum Gasteiger partial charge on any atom is 0.228 e. The summed E-state index contributed by atoms with van der Waals surface area (Å²) in [5.41, 5.74) is 1.59. The SMILES string of the molecule is Cc1ccc(S(=O)(=O)CCCC(=O)N(CCN2CCOCC2)c2nc3ccc(S(C)(=O)=O)cc3s2)cc1. The molecule has 200 valence electrons. The zero-order valence-electron chi connectivity index (χ0n) is 20.9. The summed E-state index contributed by atoms with van der Waals surface area (Å²) in [6.07, 6.45) is 1.39. The van der Waals surface area contributed by atoms with E-state index in [2.05, 4.69) is 9.88 Å². The maximum absolute atomic E-state index is 13.3. The fraction of sp³-hybridized carbons (Fsp3) is 0.440. The van der Waals surface area contributed by atoms with Gasteiger partial charge in [-0.2, -0.15) is 0 Å². The fourth-order valence-corrected chi connectivity index (χ4v) is 7.12. The second-order valence-corrected chi connectivity index (χ2v) is 14.3. The van der Waals surface area contributed by atoms with Crippen LogP contribution in [0.3, 0.4) is 0 Å². The second kappa shape index (κ2) is 11.6. The number of benzene rings is 2. The highest BCUT2D eigenvalue weighted by molar-refractivity contribution is 7.91. The average Bonchev–Trinajstić information content (AvgIpc) is 3.27. The third kappa shape index (κ3) is 7.14. The van der Waals surface area contributed by atoms with E-state index in [0.717, 1.165) is 24.9 Å². The summed E-state index contributed by atoms with van der Waals surface area (Å²) in [5.74, 6) is -0.341. The zero-order valence-corrected chi connectivity index (χ0v) is 23.4. The molecule has 3 aromatic rings. The number of aryl methyl sites for hydroxylation is 1. The molecule has 0 saturated carbocycles. The Hall–Kier alpha value is -2.38. The number of nitrogens with zero attached hydrogens (tertiary/aromatic N) is 3. The van der Waals surface area contributed by atoms with Crippen LogP contribution in [-0.2, 0) is 29.2 Å². The van der Waals surface area contributed by atoms with Crippen molar-refractivity contribution in [3.63, 3.8) is 0 Å². The molecule has 0 unspecified atom stereocenters. The third-order valence-corrected chi connectivity index (χ3v) is 10.2. The Bertz CT molecular complexity index is 1460. The van der Waals surface area contributed by atoms with Gasteiger partial charge in [0.2, 0.25) is 5.91 Å². The summed E-state index contributed by atoms with van der Waals surface area (Å²) in [5, 5.41) is 0.473. The zero-order chi connectivity index (χ0) is 26.6. The van der Waals surface area contributed by atoms with Gasteiger partial charge in [-0.1, -0.05) is 29.0 Å². The van der Waals surface area contributed by atoms with Crippen molar-refractivity contribution in [1.29, 1.82) is 0 Å². The van der Waals surface area contributed by atoms with Gasteiger partial charge in [-0.15, -0.1) is 0 Å². The number of thiazole rings is 1. The number of carbonyl (C=O) groups excluding carboxylic acids is 1. The van der Waals surface area contributed by atoms with Crippen LogP contribution in [0.25, 0.3) is 10.2 Å². The molecule has 2 aromatic carbocycles. The predicted molar refractivity (Wildman–Crippen MR) is 145 cm³/mol. The van der Waals surface area contributed by atoms with Gasteiger partial charge in [0.1, 0.15) is 0 Å². The summed E-state index contributed by atoms with van der Waals surface area (Å²) < 4.78 is 55.5. The van der Waals surface area contributed by atoms with E-state index < -0.39 is 19.7 Å². The lowest BCUT2D eigenvalue weighted by Crippen LogP contribution is -2.43. The van der Waals surface area contributed by atoms with Crippen molar-refractivity contribution in [2.75, 3.05) is 56.3 Å². The van der Waals surface area contributed by atoms with Crippen LogP contribution >= 0.6 is 11.3 Å². The molecule has 0 N–H and O–H groups in total. The van der Waals surface area contributed by atoms with Crippen molar-refractivity contribution < 1.29 is 26.4 Å². The molecule has 0 bridgehead atoms. The van der Waals surface area contributed by atoms with E-state index in [1.54, 1.807) is 41.3 Å². The van der Waals surface area contributed by atoms with E-state index in [1.165, 1.54) is 17.4 Å². The summed E-state index contributed by atoms with van der Waals surface area (Å²) in [7, 11) is -6.87. The minimum atomic E-state index is -3.49. The van der Waals surface area contributed by atoms with Crippen molar-refractivity contribution >= 4 is 52.3 Å². The van der Waals surface area contributed by atoms with Crippen molar-refractivity contribution in [2.24, 2.45) is 0 Å². The minimum Gasteiger partial charge on any atom is -0.379 e. The lowest BCUT2D eigenvalue weighted by atomic mass is 10.2. The maximum atomic E-state index is 13.3. The van der Waals surface area contributed by atoms with E-state index in [-0.39, 0.29) is 34.3 Å². The number of rotatable bonds is 10. The first kappa shape index (κ1) is 27.6. The molecule has 1 aliphatic rings. The van der Waals surface area contributed by atoms with Crippen LogP contribution < -0.4 is 4.90 Å². The van der Waals surface area contributed by atoms with Gasteiger partial charge in [0, 0.05) is 38.9 Å². The quantitative estimate of drug-likeness (QED) is 0.369. The fourth-order valence-electron chi connectivity index (χ4n) is 4.04. The number of hydrogen-bond donors (Lipinski definition) is 0. The number of sulfone groups is 2. The van der Waals surface area contributed by atoms with Gasteiger partial charge in [-0.25, -0.2) is 21.8 Å². The molecule has 4 rings (SSSR count). The monoisotopic (exact) mass is 565 g/mol. The second-order valence-electron chi connectivity index (χ2n) is 9.13. The van der Waals surface area contributed by atoms with Gasteiger partial charge in [0.25, 0.3) is 0 Å². The Labute approximate surface area is 221 Å². The molecule has 0 aliphatic carbocycles. The standard InChI is InChI=1S/C25H31N3O6S3/c1-19-5-7-20(8-6-19)37(32,33)17-3-4-24(29)28(12-11-27-13-15-34-16-14-27)25-26-22-10-9-21(36(2,30)31)18-23(22)35-25/h5-10,18H,3-4,11-17H2,1-2H3. The van der Waals surface area contributed by atoms with Crippen LogP contribution in [0.15, 0.2) is 52.3 Å². The molecule has 0 radical (unpaired) electrons. The summed E-state index contributed by atoms with van der Waals surface area (Å²) in [6, 6.07) is 11.4. The van der Waals surface area contributed by atoms with E-state index in [0.29, 0.717) is 41.7 Å². The van der Waals surface area contributed by atoms with Crippen LogP contribution in [0.1, 0.15) is 18.4 Å². The van der Waals surface area contributed by atoms with Gasteiger partial charge in [0.15, 0.2) is 24.8 Å². The molecule has 1 amide bonds. The number of ether oxygens (including phenoxy) is 1. The highest BCUT2D eigenvalue weighted by Gasteiger charge is 2.23. The molecule has 9 nitrogen and oxygen atoms in total. The Morgan fingerprint density at radius 1 is 1.05 bits per heavy atom. The molecular formula is C25H31N3O6S3. The molecule has 12 heteroatoms. The summed E-state index contributed by atoms with van der Waals surface area (Å²) in [4.78, 5) is 22.2. The number of hydrogen-bond acceptors (Lipinski definition) is 9. The molecule has 1 aliphatic heterocycles. The van der Waals surface area contributed by atoms with Crippen molar-refractivity contribution in [1.82, 2.24) is 9.88 Å². The highest BCUT2D eigenvalue weighted by atomic mass is 32.2. The van der Waals surface area contributed by atoms with Crippen molar-refractivity contribution in [2.45, 2.75) is 29.6 Å². The topological polar surface area (TPSA) is 114 Å². The number of fused-ring (bicyclic) bond motifs is 1. The van der Waals surface area contributed by atoms with Crippen molar-refractivity contribution in [3.05, 3.63) is 48.0 Å². The van der Waals surface area contributed by atoms with Crippen LogP contribution in [0.2, 0.25) is 0 Å². The number of anilines is 1. The normalized spacial score (nSPS) is 15.2. The Balaban J connectivity index is 1.50. The molecule has 1 saturated heterocycles. The largest absolute Gasteiger partial charge is 0.379 e. The molecule has 0 atom stereocenters. The molecule has 0 spiro atoms. The lowest BCUT2D eigenvalue weighted by molar-refractivity contribution is -0.118. The van der Waals surface area contributed by atoms with Crippen LogP contribution in [-0.4, -0.2) is 84.0 Å². The van der Waals surface area contributed by atoms with Gasteiger partial charge in [0.05, 0.1) is 39.0 Å². The lowest BCUT2D eigenvalue weighted by Gasteiger charge is -2.29. The predicted octanol–water partition coefficient (Wildman–Crippen LogP) is 2.93. The Morgan fingerprint density at radius 2 is 1.73 bits per heavy atom. The number of carbonyl (C=O) groups is 1. The average molecular weight is 566 g/mol. The van der Waals surface area contributed by atoms with Crippen LogP contribution in [0.4, 0.5) is 5.13 Å². The molecule has 2 heterocycles. The minimum absolute atomic E-state index is 0.0543. The number of aromatic nitrogens is 1. The number of amides is 1. The number of morpholine rings is 1. The van der Waals surface area contributed by atoms with Crippen molar-refractivity contribution in [3.8, 4) is 0 Å². The van der Waals surface area contributed by atoms with Crippen LogP contribution in [0.5, 0.6) is 0 Å². The first-order valence-electron chi connectivity index (χ1n) is 12.0. The first-order valence-corrected chi connectivity index (χ1v) is 16.4. The van der Waals surface area contributed by atoms with E-state index in [9.17, 15) is 21.6 Å². The van der Waals surface area contributed by atoms with Gasteiger partial charge < -0.3 is 4.74 Å². The van der Waals surface area contributed by atoms with Gasteiger partial charge in [-0.05, 0) is 43.7 Å². The summed E-state index contributed by atoms with van der Waals surface area (Å²) in [6.45, 7) is 5.73. The van der Waals surface area contributed by atoms with E-state index in [4.69, 9.17) is 4.74 Å². The van der Waals surface area contributed by atoms with E-state index >= 15 is 0 Å². The molecule has 1 aromatic heterocycles. The smallest absolute Gasteiger partial charge is 0.228 e. The molecular weight excluding hydrogens is 534 g/mol. The van der Waals surface area contributed by atoms with Crippen LogP contribution in [0, 0.1) is 6.92 Å². The molecule has 1 fully saturated rings.